The molecule has 90 valence electrons. The van der Waals surface area contributed by atoms with Crippen LogP contribution in [-0.4, -0.2) is 29.6 Å². The van der Waals surface area contributed by atoms with Crippen LogP contribution in [0.1, 0.15) is 25.0 Å². The molecule has 0 radical (unpaired) electrons. The summed E-state index contributed by atoms with van der Waals surface area (Å²) < 4.78 is 0. The molecule has 1 fully saturated rings. The third-order valence-corrected chi connectivity index (χ3v) is 3.13. The average molecular weight is 231 g/mol. The molecule has 1 aliphatic rings. The monoisotopic (exact) mass is 231 g/mol. The lowest BCUT2D eigenvalue weighted by atomic mass is 9.95. The molecule has 0 aromatic carbocycles. The van der Waals surface area contributed by atoms with E-state index in [9.17, 15) is 0 Å². The van der Waals surface area contributed by atoms with Crippen LogP contribution in [0.2, 0.25) is 0 Å². The Labute approximate surface area is 101 Å². The van der Waals surface area contributed by atoms with E-state index in [1.165, 1.54) is 6.42 Å². The van der Waals surface area contributed by atoms with E-state index in [1.807, 2.05) is 6.07 Å². The molecule has 0 amide bonds. The van der Waals surface area contributed by atoms with Crippen LogP contribution in [-0.2, 0) is 0 Å². The molecule has 1 atom stereocenters. The van der Waals surface area contributed by atoms with Gasteiger partial charge in [-0.3, -0.25) is 0 Å². The number of rotatable bonds is 3. The summed E-state index contributed by atoms with van der Waals surface area (Å²) in [7, 11) is 0. The molecule has 5 heteroatoms. The molecule has 1 aliphatic heterocycles. The highest BCUT2D eigenvalue weighted by molar-refractivity contribution is 5.34. The Hall–Kier alpha value is -1.67. The van der Waals surface area contributed by atoms with Crippen LogP contribution < -0.4 is 10.6 Å². The van der Waals surface area contributed by atoms with Crippen molar-refractivity contribution in [1.82, 2.24) is 9.97 Å². The summed E-state index contributed by atoms with van der Waals surface area (Å²) in [4.78, 5) is 10.6. The van der Waals surface area contributed by atoms with Crippen molar-refractivity contribution in [1.29, 1.82) is 5.26 Å². The molecule has 2 N–H and O–H groups in total. The molecule has 5 nitrogen and oxygen atoms in total. The normalized spacial score (nSPS) is 20.0. The topological polar surface area (TPSA) is 78.8 Å². The van der Waals surface area contributed by atoms with Crippen LogP contribution in [0.15, 0.2) is 12.3 Å². The minimum Gasteiger partial charge on any atom is -0.341 e. The van der Waals surface area contributed by atoms with Crippen molar-refractivity contribution in [2.75, 3.05) is 24.5 Å². The second-order valence-corrected chi connectivity index (χ2v) is 4.39. The lowest BCUT2D eigenvalue weighted by molar-refractivity contribution is 0.392. The summed E-state index contributed by atoms with van der Waals surface area (Å²) in [6.07, 6.45) is 5.07. The fourth-order valence-corrected chi connectivity index (χ4v) is 2.28. The maximum Gasteiger partial charge on any atom is 0.226 e. The lowest BCUT2D eigenvalue weighted by Gasteiger charge is -2.32. The first kappa shape index (κ1) is 11.8. The van der Waals surface area contributed by atoms with E-state index < -0.39 is 0 Å². The van der Waals surface area contributed by atoms with E-state index in [4.69, 9.17) is 11.0 Å². The summed E-state index contributed by atoms with van der Waals surface area (Å²) in [5.74, 6) is 1.30. The molecule has 1 saturated heterocycles. The van der Waals surface area contributed by atoms with E-state index in [0.29, 0.717) is 17.6 Å². The van der Waals surface area contributed by atoms with Gasteiger partial charge in [0.25, 0.3) is 0 Å². The quantitative estimate of drug-likeness (QED) is 0.836. The highest BCUT2D eigenvalue weighted by atomic mass is 15.3. The van der Waals surface area contributed by atoms with Gasteiger partial charge in [0.05, 0.1) is 0 Å². The molecule has 0 saturated carbocycles. The summed E-state index contributed by atoms with van der Waals surface area (Å²) in [6.45, 7) is 2.65. The highest BCUT2D eigenvalue weighted by Crippen LogP contribution is 2.22. The van der Waals surface area contributed by atoms with Gasteiger partial charge >= 0.3 is 0 Å². The number of piperidine rings is 1. The van der Waals surface area contributed by atoms with Gasteiger partial charge in [-0.25, -0.2) is 9.97 Å². The first-order valence-electron chi connectivity index (χ1n) is 6.01. The van der Waals surface area contributed by atoms with Crippen molar-refractivity contribution < 1.29 is 0 Å². The first-order chi connectivity index (χ1) is 8.33. The van der Waals surface area contributed by atoms with E-state index in [-0.39, 0.29) is 0 Å². The Morgan fingerprint density at radius 2 is 2.47 bits per heavy atom. The zero-order valence-electron chi connectivity index (χ0n) is 9.84. The average Bonchev–Trinajstić information content (AvgIpc) is 2.40. The van der Waals surface area contributed by atoms with Crippen molar-refractivity contribution in [3.8, 4) is 6.07 Å². The Bertz CT molecular complexity index is 410. The molecule has 0 bridgehead atoms. The fourth-order valence-electron chi connectivity index (χ4n) is 2.28. The number of nitriles is 1. The van der Waals surface area contributed by atoms with E-state index in [0.717, 1.165) is 32.5 Å². The van der Waals surface area contributed by atoms with Gasteiger partial charge in [0, 0.05) is 19.3 Å². The van der Waals surface area contributed by atoms with Gasteiger partial charge in [-0.2, -0.15) is 5.26 Å². The van der Waals surface area contributed by atoms with E-state index in [1.54, 1.807) is 12.3 Å². The van der Waals surface area contributed by atoms with E-state index in [2.05, 4.69) is 14.9 Å². The number of anilines is 1. The van der Waals surface area contributed by atoms with Gasteiger partial charge in [0.1, 0.15) is 11.8 Å². The lowest BCUT2D eigenvalue weighted by Crippen LogP contribution is -2.37. The number of nitrogens with zero attached hydrogens (tertiary/aromatic N) is 4. The number of hydrogen-bond acceptors (Lipinski definition) is 5. The van der Waals surface area contributed by atoms with Crippen LogP contribution >= 0.6 is 0 Å². The fraction of sp³-hybridized carbons (Fsp3) is 0.583. The molecule has 2 heterocycles. The molecule has 0 spiro atoms. The third-order valence-electron chi connectivity index (χ3n) is 3.13. The summed E-state index contributed by atoms with van der Waals surface area (Å²) >= 11 is 0. The Kier molecular flexibility index (Phi) is 3.89. The third kappa shape index (κ3) is 2.92. The largest absolute Gasteiger partial charge is 0.341 e. The van der Waals surface area contributed by atoms with Crippen molar-refractivity contribution >= 4 is 5.95 Å². The predicted molar refractivity (Wildman–Crippen MR) is 65.4 cm³/mol. The Morgan fingerprint density at radius 3 is 3.24 bits per heavy atom. The minimum atomic E-state index is 0.427. The number of aromatic nitrogens is 2. The first-order valence-corrected chi connectivity index (χ1v) is 6.01. The second-order valence-electron chi connectivity index (χ2n) is 4.39. The SMILES string of the molecule is N#Cc1ccnc(N2CCCC(CCN)C2)n1. The minimum absolute atomic E-state index is 0.427. The maximum atomic E-state index is 8.82. The number of hydrogen-bond donors (Lipinski definition) is 1. The summed E-state index contributed by atoms with van der Waals surface area (Å²) in [5.41, 5.74) is 6.02. The maximum absolute atomic E-state index is 8.82. The molecule has 1 aromatic rings. The number of nitrogens with two attached hydrogens (primary N) is 1. The standard InChI is InChI=1S/C12H17N5/c13-5-3-10-2-1-7-17(9-10)12-15-6-4-11(8-14)16-12/h4,6,10H,1-3,5,7,9,13H2. The zero-order valence-corrected chi connectivity index (χ0v) is 9.84. The van der Waals surface area contributed by atoms with Gasteiger partial charge in [-0.15, -0.1) is 0 Å². The van der Waals surface area contributed by atoms with Gasteiger partial charge in [0.2, 0.25) is 5.95 Å². The molecular formula is C12H17N5. The van der Waals surface area contributed by atoms with Crippen LogP contribution in [0.5, 0.6) is 0 Å². The van der Waals surface area contributed by atoms with Gasteiger partial charge < -0.3 is 10.6 Å². The Balaban J connectivity index is 2.08. The molecule has 1 unspecified atom stereocenters. The van der Waals surface area contributed by atoms with Gasteiger partial charge in [0.15, 0.2) is 0 Å². The van der Waals surface area contributed by atoms with Crippen molar-refractivity contribution in [3.63, 3.8) is 0 Å². The zero-order chi connectivity index (χ0) is 12.1. The highest BCUT2D eigenvalue weighted by Gasteiger charge is 2.21. The van der Waals surface area contributed by atoms with Crippen molar-refractivity contribution in [2.45, 2.75) is 19.3 Å². The summed E-state index contributed by atoms with van der Waals surface area (Å²) in [6, 6.07) is 3.67. The molecule has 2 rings (SSSR count). The van der Waals surface area contributed by atoms with Crippen LogP contribution in [0, 0.1) is 17.2 Å². The van der Waals surface area contributed by atoms with Crippen LogP contribution in [0.25, 0.3) is 0 Å². The van der Waals surface area contributed by atoms with Gasteiger partial charge in [-0.05, 0) is 37.8 Å². The van der Waals surface area contributed by atoms with E-state index >= 15 is 0 Å². The molecular weight excluding hydrogens is 214 g/mol. The van der Waals surface area contributed by atoms with Crippen molar-refractivity contribution in [3.05, 3.63) is 18.0 Å². The Morgan fingerprint density at radius 1 is 1.59 bits per heavy atom. The summed E-state index contributed by atoms with van der Waals surface area (Å²) in [5, 5.41) is 8.82. The van der Waals surface area contributed by atoms with Crippen LogP contribution in [0.4, 0.5) is 5.95 Å². The smallest absolute Gasteiger partial charge is 0.226 e. The second kappa shape index (κ2) is 5.60. The van der Waals surface area contributed by atoms with Gasteiger partial charge in [-0.1, -0.05) is 0 Å². The van der Waals surface area contributed by atoms with Crippen LogP contribution in [0.3, 0.4) is 0 Å². The predicted octanol–water partition coefficient (Wildman–Crippen LogP) is 0.913. The molecule has 17 heavy (non-hydrogen) atoms. The molecule has 0 aliphatic carbocycles. The van der Waals surface area contributed by atoms with Crippen molar-refractivity contribution in [2.24, 2.45) is 11.7 Å². The molecule has 1 aromatic heterocycles.